The van der Waals surface area contributed by atoms with E-state index in [0.29, 0.717) is 12.0 Å². The minimum absolute atomic E-state index is 0.256. The Morgan fingerprint density at radius 2 is 1.47 bits per heavy atom. The molecule has 2 bridgehead atoms. The largest absolute Gasteiger partial charge is 0.459 e. The van der Waals surface area contributed by atoms with Crippen molar-refractivity contribution < 1.29 is 19.1 Å². The molecule has 0 radical (unpaired) electrons. The average Bonchev–Trinajstić information content (AvgIpc) is 2.71. The number of rotatable bonds is 3. The molecule has 2 aliphatic carbocycles. The number of carbonyl (C=O) groups excluding carboxylic acids is 2. The number of carbonyl (C=O) groups is 2. The van der Waals surface area contributed by atoms with Crippen LogP contribution in [-0.4, -0.2) is 23.1 Å². The Bertz CT molecular complexity index is 375. The summed E-state index contributed by atoms with van der Waals surface area (Å²) in [5, 5.41) is 0. The third-order valence-electron chi connectivity index (χ3n) is 3.73. The molecule has 0 aromatic rings. The molecule has 2 fully saturated rings. The van der Waals surface area contributed by atoms with Crippen molar-refractivity contribution in [2.45, 2.75) is 57.2 Å². The lowest BCUT2D eigenvalue weighted by Crippen LogP contribution is -2.30. The SMILES string of the molecule is C=C(C)C(=O)OC12CCC(OC(C)=O)(CC1)C2. The zero-order valence-electron chi connectivity index (χ0n) is 10.4. The molecule has 0 aromatic heterocycles. The summed E-state index contributed by atoms with van der Waals surface area (Å²) in [6, 6.07) is 0. The van der Waals surface area contributed by atoms with Crippen molar-refractivity contribution in [1.29, 1.82) is 0 Å². The summed E-state index contributed by atoms with van der Waals surface area (Å²) >= 11 is 0. The van der Waals surface area contributed by atoms with Crippen LogP contribution in [0.25, 0.3) is 0 Å². The lowest BCUT2D eigenvalue weighted by molar-refractivity contribution is -0.156. The van der Waals surface area contributed by atoms with Crippen LogP contribution in [0.5, 0.6) is 0 Å². The van der Waals surface area contributed by atoms with E-state index in [1.54, 1.807) is 6.92 Å². The Morgan fingerprint density at radius 3 is 1.88 bits per heavy atom. The monoisotopic (exact) mass is 238 g/mol. The predicted molar refractivity (Wildman–Crippen MR) is 61.2 cm³/mol. The number of ether oxygens (including phenoxy) is 2. The van der Waals surface area contributed by atoms with E-state index in [-0.39, 0.29) is 17.5 Å². The van der Waals surface area contributed by atoms with Crippen LogP contribution in [0.3, 0.4) is 0 Å². The van der Waals surface area contributed by atoms with Crippen molar-refractivity contribution in [3.63, 3.8) is 0 Å². The van der Waals surface area contributed by atoms with Gasteiger partial charge in [0, 0.05) is 18.9 Å². The molecule has 4 nitrogen and oxygen atoms in total. The standard InChI is InChI=1S/C13H18O4/c1-9(2)11(15)17-13-6-4-12(8-13,5-7-13)16-10(3)14/h1,4-8H2,2-3H3. The summed E-state index contributed by atoms with van der Waals surface area (Å²) in [6.45, 7) is 6.65. The lowest BCUT2D eigenvalue weighted by atomic mass is 9.95. The molecule has 2 aliphatic rings. The summed E-state index contributed by atoms with van der Waals surface area (Å²) in [6.07, 6.45) is 3.77. The number of esters is 2. The molecule has 0 heterocycles. The van der Waals surface area contributed by atoms with E-state index in [9.17, 15) is 9.59 Å². The van der Waals surface area contributed by atoms with Crippen molar-refractivity contribution in [3.8, 4) is 0 Å². The van der Waals surface area contributed by atoms with Crippen LogP contribution in [0.15, 0.2) is 12.2 Å². The first-order valence-corrected chi connectivity index (χ1v) is 5.95. The molecular weight excluding hydrogens is 220 g/mol. The second-order valence-electron chi connectivity index (χ2n) is 5.31. The van der Waals surface area contributed by atoms with Crippen LogP contribution in [0.4, 0.5) is 0 Å². The van der Waals surface area contributed by atoms with Gasteiger partial charge in [-0.15, -0.1) is 0 Å². The van der Waals surface area contributed by atoms with Crippen molar-refractivity contribution in [2.24, 2.45) is 0 Å². The Labute approximate surface area is 101 Å². The van der Waals surface area contributed by atoms with Gasteiger partial charge in [-0.2, -0.15) is 0 Å². The van der Waals surface area contributed by atoms with Gasteiger partial charge in [0.05, 0.1) is 0 Å². The van der Waals surface area contributed by atoms with E-state index in [1.165, 1.54) is 6.92 Å². The zero-order chi connectivity index (χ0) is 12.7. The number of hydrogen-bond donors (Lipinski definition) is 0. The molecule has 0 saturated heterocycles. The Balaban J connectivity index is 2.05. The van der Waals surface area contributed by atoms with Crippen LogP contribution >= 0.6 is 0 Å². The Hall–Kier alpha value is -1.32. The van der Waals surface area contributed by atoms with Gasteiger partial charge in [-0.25, -0.2) is 4.79 Å². The maximum absolute atomic E-state index is 11.6. The van der Waals surface area contributed by atoms with Crippen LogP contribution < -0.4 is 0 Å². The fourth-order valence-corrected chi connectivity index (χ4v) is 2.97. The molecule has 0 aromatic carbocycles. The normalized spacial score (nSPS) is 34.5. The highest BCUT2D eigenvalue weighted by atomic mass is 16.6. The minimum atomic E-state index is -0.425. The summed E-state index contributed by atoms with van der Waals surface area (Å²) in [7, 11) is 0. The van der Waals surface area contributed by atoms with Crippen molar-refractivity contribution >= 4 is 11.9 Å². The fraction of sp³-hybridized carbons (Fsp3) is 0.692. The number of fused-ring (bicyclic) bond motifs is 2. The zero-order valence-corrected chi connectivity index (χ0v) is 10.4. The Morgan fingerprint density at radius 1 is 1.00 bits per heavy atom. The average molecular weight is 238 g/mol. The van der Waals surface area contributed by atoms with E-state index in [1.807, 2.05) is 0 Å². The molecule has 4 heteroatoms. The highest BCUT2D eigenvalue weighted by Crippen LogP contribution is 2.54. The van der Waals surface area contributed by atoms with Gasteiger partial charge in [-0.3, -0.25) is 4.79 Å². The molecule has 0 atom stereocenters. The van der Waals surface area contributed by atoms with E-state index >= 15 is 0 Å². The van der Waals surface area contributed by atoms with Gasteiger partial charge in [-0.05, 0) is 32.6 Å². The number of hydrogen-bond acceptors (Lipinski definition) is 4. The highest BCUT2D eigenvalue weighted by Gasteiger charge is 2.58. The molecule has 17 heavy (non-hydrogen) atoms. The first-order chi connectivity index (χ1) is 7.87. The van der Waals surface area contributed by atoms with E-state index in [2.05, 4.69) is 6.58 Å². The van der Waals surface area contributed by atoms with Gasteiger partial charge in [0.2, 0.25) is 0 Å². The second kappa shape index (κ2) is 3.86. The quantitative estimate of drug-likeness (QED) is 0.558. The van der Waals surface area contributed by atoms with Gasteiger partial charge < -0.3 is 9.47 Å². The van der Waals surface area contributed by atoms with E-state index in [4.69, 9.17) is 9.47 Å². The maximum Gasteiger partial charge on any atom is 0.333 e. The molecule has 2 rings (SSSR count). The summed E-state index contributed by atoms with van der Waals surface area (Å²) in [5.74, 6) is -0.598. The second-order valence-corrected chi connectivity index (χ2v) is 5.31. The molecule has 0 N–H and O–H groups in total. The van der Waals surface area contributed by atoms with Gasteiger partial charge >= 0.3 is 11.9 Å². The van der Waals surface area contributed by atoms with Crippen LogP contribution in [0.2, 0.25) is 0 Å². The smallest absolute Gasteiger partial charge is 0.333 e. The third-order valence-corrected chi connectivity index (χ3v) is 3.73. The first-order valence-electron chi connectivity index (χ1n) is 5.95. The maximum atomic E-state index is 11.6. The van der Waals surface area contributed by atoms with Crippen molar-refractivity contribution in [3.05, 3.63) is 12.2 Å². The predicted octanol–water partition coefficient (Wildman–Crippen LogP) is 2.12. The molecular formula is C13H18O4. The summed E-state index contributed by atoms with van der Waals surface area (Å²) in [5.41, 5.74) is -0.400. The van der Waals surface area contributed by atoms with E-state index in [0.717, 1.165) is 25.7 Å². The molecule has 2 saturated carbocycles. The van der Waals surface area contributed by atoms with Crippen molar-refractivity contribution in [2.75, 3.05) is 0 Å². The van der Waals surface area contributed by atoms with Gasteiger partial charge in [0.25, 0.3) is 0 Å². The summed E-state index contributed by atoms with van der Waals surface area (Å²) in [4.78, 5) is 22.7. The summed E-state index contributed by atoms with van der Waals surface area (Å²) < 4.78 is 10.9. The molecule has 0 spiro atoms. The molecule has 0 aliphatic heterocycles. The van der Waals surface area contributed by atoms with Crippen LogP contribution in [-0.2, 0) is 19.1 Å². The fourth-order valence-electron chi connectivity index (χ4n) is 2.97. The molecule has 94 valence electrons. The third kappa shape index (κ3) is 2.21. The topological polar surface area (TPSA) is 52.6 Å². The first kappa shape index (κ1) is 12.1. The van der Waals surface area contributed by atoms with Gasteiger partial charge in [0.15, 0.2) is 0 Å². The van der Waals surface area contributed by atoms with Crippen LogP contribution in [0.1, 0.15) is 46.0 Å². The van der Waals surface area contributed by atoms with Crippen LogP contribution in [0, 0.1) is 0 Å². The van der Waals surface area contributed by atoms with Gasteiger partial charge in [-0.1, -0.05) is 6.58 Å². The van der Waals surface area contributed by atoms with Gasteiger partial charge in [0.1, 0.15) is 11.2 Å². The Kier molecular flexibility index (Phi) is 2.76. The minimum Gasteiger partial charge on any atom is -0.459 e. The van der Waals surface area contributed by atoms with Crippen molar-refractivity contribution in [1.82, 2.24) is 0 Å². The molecule has 0 amide bonds. The van der Waals surface area contributed by atoms with E-state index < -0.39 is 5.60 Å². The lowest BCUT2D eigenvalue weighted by Gasteiger charge is -2.27. The highest BCUT2D eigenvalue weighted by molar-refractivity contribution is 5.87. The molecule has 0 unspecified atom stereocenters.